The van der Waals surface area contributed by atoms with E-state index in [-0.39, 0.29) is 11.2 Å². The minimum Gasteiger partial charge on any atom is -0.497 e. The molecule has 1 heterocycles. The maximum atomic E-state index is 12.5. The highest BCUT2D eigenvalue weighted by Crippen LogP contribution is 2.38. The minimum atomic E-state index is -0.143. The molecule has 0 aromatic heterocycles. The number of hydrogen-bond donors (Lipinski definition) is 0. The van der Waals surface area contributed by atoms with Crippen molar-refractivity contribution >= 4 is 44.8 Å². The lowest BCUT2D eigenvalue weighted by Crippen LogP contribution is -2.27. The van der Waals surface area contributed by atoms with Gasteiger partial charge in [0.05, 0.1) is 23.8 Å². The summed E-state index contributed by atoms with van der Waals surface area (Å²) in [4.78, 5) is 14.1. The van der Waals surface area contributed by atoms with Crippen molar-refractivity contribution in [3.05, 3.63) is 41.4 Å². The molecular formula is C17H15BrClNO4. The number of methoxy groups -OCH3 is 1. The van der Waals surface area contributed by atoms with Crippen LogP contribution in [-0.4, -0.2) is 31.6 Å². The molecule has 126 valence electrons. The van der Waals surface area contributed by atoms with Gasteiger partial charge in [0.15, 0.2) is 11.5 Å². The molecule has 0 radical (unpaired) electrons. The largest absolute Gasteiger partial charge is 0.497 e. The van der Waals surface area contributed by atoms with Crippen LogP contribution in [0.15, 0.2) is 36.4 Å². The summed E-state index contributed by atoms with van der Waals surface area (Å²) in [6, 6.07) is 10.5. The van der Waals surface area contributed by atoms with Crippen LogP contribution in [0.2, 0.25) is 5.02 Å². The number of amides is 1. The molecule has 0 bridgehead atoms. The Balaban J connectivity index is 2.07. The molecule has 5 nitrogen and oxygen atoms in total. The summed E-state index contributed by atoms with van der Waals surface area (Å²) in [6.07, 6.45) is 0. The first-order valence-electron chi connectivity index (χ1n) is 7.25. The molecule has 2 aromatic rings. The van der Waals surface area contributed by atoms with Crippen molar-refractivity contribution in [1.82, 2.24) is 0 Å². The number of alkyl halides is 1. The molecule has 1 aliphatic heterocycles. The molecule has 0 N–H and O–H groups in total. The van der Waals surface area contributed by atoms with Crippen molar-refractivity contribution in [2.24, 2.45) is 0 Å². The SMILES string of the molecule is COc1cc(Cl)cc(N(C(=O)CBr)c2ccc3c(c2)OCCO3)c1. The first-order valence-corrected chi connectivity index (χ1v) is 8.75. The van der Waals surface area contributed by atoms with Crippen molar-refractivity contribution in [1.29, 1.82) is 0 Å². The fourth-order valence-corrected chi connectivity index (χ4v) is 2.93. The average molecular weight is 413 g/mol. The van der Waals surface area contributed by atoms with Gasteiger partial charge in [-0.2, -0.15) is 0 Å². The van der Waals surface area contributed by atoms with Crippen LogP contribution in [0.4, 0.5) is 11.4 Å². The van der Waals surface area contributed by atoms with Crippen LogP contribution in [0.3, 0.4) is 0 Å². The zero-order valence-electron chi connectivity index (χ0n) is 12.9. The second-order valence-electron chi connectivity index (χ2n) is 5.04. The summed E-state index contributed by atoms with van der Waals surface area (Å²) >= 11 is 9.38. The van der Waals surface area contributed by atoms with Gasteiger partial charge in [0.2, 0.25) is 5.91 Å². The number of carbonyl (C=O) groups excluding carboxylic acids is 1. The first kappa shape index (κ1) is 16.9. The Bertz CT molecular complexity index is 768. The van der Waals surface area contributed by atoms with Gasteiger partial charge in [-0.05, 0) is 24.3 Å². The van der Waals surface area contributed by atoms with Gasteiger partial charge in [0.1, 0.15) is 19.0 Å². The number of rotatable bonds is 4. The van der Waals surface area contributed by atoms with Gasteiger partial charge in [0, 0.05) is 17.2 Å². The van der Waals surface area contributed by atoms with Gasteiger partial charge < -0.3 is 14.2 Å². The molecule has 1 amide bonds. The van der Waals surface area contributed by atoms with E-state index in [4.69, 9.17) is 25.8 Å². The molecule has 0 fully saturated rings. The van der Waals surface area contributed by atoms with Crippen LogP contribution in [0, 0.1) is 0 Å². The second kappa shape index (κ2) is 7.32. The lowest BCUT2D eigenvalue weighted by atomic mass is 10.2. The summed E-state index contributed by atoms with van der Waals surface area (Å²) in [5, 5.41) is 0.644. The topological polar surface area (TPSA) is 48.0 Å². The molecule has 0 spiro atoms. The zero-order chi connectivity index (χ0) is 17.1. The maximum Gasteiger partial charge on any atom is 0.242 e. The highest BCUT2D eigenvalue weighted by molar-refractivity contribution is 9.09. The Kier molecular flexibility index (Phi) is 5.16. The Labute approximate surface area is 153 Å². The second-order valence-corrected chi connectivity index (χ2v) is 6.04. The number of ether oxygens (including phenoxy) is 3. The third-order valence-electron chi connectivity index (χ3n) is 3.50. The van der Waals surface area contributed by atoms with E-state index in [1.165, 1.54) is 0 Å². The van der Waals surface area contributed by atoms with E-state index in [1.54, 1.807) is 48.4 Å². The van der Waals surface area contributed by atoms with E-state index in [0.717, 1.165) is 0 Å². The molecule has 2 aromatic carbocycles. The number of nitrogens with zero attached hydrogens (tertiary/aromatic N) is 1. The maximum absolute atomic E-state index is 12.5. The standard InChI is InChI=1S/C17H15BrClNO4/c1-22-14-7-11(19)6-13(8-14)20(17(21)10-18)12-2-3-15-16(9-12)24-5-4-23-15/h2-3,6-9H,4-5,10H2,1H3. The van der Waals surface area contributed by atoms with Crippen LogP contribution >= 0.6 is 27.5 Å². The number of halogens is 2. The van der Waals surface area contributed by atoms with Crippen molar-refractivity contribution < 1.29 is 19.0 Å². The van der Waals surface area contributed by atoms with E-state index < -0.39 is 0 Å². The van der Waals surface area contributed by atoms with Gasteiger partial charge in [-0.15, -0.1) is 0 Å². The predicted octanol–water partition coefficient (Wildman–Crippen LogP) is 4.18. The number of fused-ring (bicyclic) bond motifs is 1. The average Bonchev–Trinajstić information content (AvgIpc) is 2.61. The predicted molar refractivity (Wildman–Crippen MR) is 96.4 cm³/mol. The molecule has 1 aliphatic rings. The van der Waals surface area contributed by atoms with Crippen LogP contribution < -0.4 is 19.1 Å². The Morgan fingerprint density at radius 3 is 2.62 bits per heavy atom. The summed E-state index contributed by atoms with van der Waals surface area (Å²) in [5.74, 6) is 1.71. The first-order chi connectivity index (χ1) is 11.6. The molecule has 0 saturated carbocycles. The van der Waals surface area contributed by atoms with Crippen LogP contribution in [0.1, 0.15) is 0 Å². The summed E-state index contributed by atoms with van der Waals surface area (Å²) < 4.78 is 16.4. The van der Waals surface area contributed by atoms with Crippen LogP contribution in [-0.2, 0) is 4.79 Å². The molecule has 24 heavy (non-hydrogen) atoms. The monoisotopic (exact) mass is 411 g/mol. The lowest BCUT2D eigenvalue weighted by Gasteiger charge is -2.25. The zero-order valence-corrected chi connectivity index (χ0v) is 15.3. The number of benzene rings is 2. The lowest BCUT2D eigenvalue weighted by molar-refractivity contribution is -0.115. The van der Waals surface area contributed by atoms with Crippen molar-refractivity contribution in [2.75, 3.05) is 30.6 Å². The van der Waals surface area contributed by atoms with Gasteiger partial charge in [0.25, 0.3) is 0 Å². The fraction of sp³-hybridized carbons (Fsp3) is 0.235. The van der Waals surface area contributed by atoms with Gasteiger partial charge in [-0.1, -0.05) is 27.5 Å². The van der Waals surface area contributed by atoms with Crippen molar-refractivity contribution in [2.45, 2.75) is 0 Å². The van der Waals surface area contributed by atoms with Crippen molar-refractivity contribution in [3.8, 4) is 17.2 Å². The summed E-state index contributed by atoms with van der Waals surface area (Å²) in [5.41, 5.74) is 1.27. The quantitative estimate of drug-likeness (QED) is 0.707. The normalized spacial score (nSPS) is 12.6. The van der Waals surface area contributed by atoms with E-state index in [0.29, 0.717) is 46.9 Å². The van der Waals surface area contributed by atoms with Crippen molar-refractivity contribution in [3.63, 3.8) is 0 Å². The third kappa shape index (κ3) is 3.44. The van der Waals surface area contributed by atoms with Crippen LogP contribution in [0.5, 0.6) is 17.2 Å². The van der Waals surface area contributed by atoms with E-state index in [1.807, 2.05) is 0 Å². The molecule has 0 saturated heterocycles. The smallest absolute Gasteiger partial charge is 0.242 e. The number of anilines is 2. The molecular weight excluding hydrogens is 398 g/mol. The highest BCUT2D eigenvalue weighted by atomic mass is 79.9. The Hall–Kier alpha value is -1.92. The summed E-state index contributed by atoms with van der Waals surface area (Å²) in [6.45, 7) is 0.996. The van der Waals surface area contributed by atoms with Gasteiger partial charge in [-0.3, -0.25) is 9.69 Å². The van der Waals surface area contributed by atoms with Gasteiger partial charge >= 0.3 is 0 Å². The molecule has 0 aliphatic carbocycles. The number of carbonyl (C=O) groups is 1. The molecule has 0 atom stereocenters. The number of hydrogen-bond acceptors (Lipinski definition) is 4. The van der Waals surface area contributed by atoms with Gasteiger partial charge in [-0.25, -0.2) is 0 Å². The van der Waals surface area contributed by atoms with E-state index in [9.17, 15) is 4.79 Å². The minimum absolute atomic E-state index is 0.143. The molecule has 3 rings (SSSR count). The van der Waals surface area contributed by atoms with Crippen LogP contribution in [0.25, 0.3) is 0 Å². The molecule has 7 heteroatoms. The molecule has 0 unspecified atom stereocenters. The third-order valence-corrected chi connectivity index (χ3v) is 4.20. The Morgan fingerprint density at radius 1 is 1.17 bits per heavy atom. The summed E-state index contributed by atoms with van der Waals surface area (Å²) in [7, 11) is 1.55. The van der Waals surface area contributed by atoms with E-state index in [2.05, 4.69) is 15.9 Å². The Morgan fingerprint density at radius 2 is 1.92 bits per heavy atom. The highest BCUT2D eigenvalue weighted by Gasteiger charge is 2.21. The fourth-order valence-electron chi connectivity index (χ4n) is 2.46. The van der Waals surface area contributed by atoms with E-state index >= 15 is 0 Å².